The van der Waals surface area contributed by atoms with Crippen LogP contribution < -0.4 is 4.74 Å². The first-order chi connectivity index (χ1) is 8.55. The normalized spacial score (nSPS) is 14.0. The highest BCUT2D eigenvalue weighted by Crippen LogP contribution is 2.31. The number of ether oxygens (including phenoxy) is 1. The summed E-state index contributed by atoms with van der Waals surface area (Å²) in [6.07, 6.45) is 0. The molecule has 0 spiro atoms. The molecule has 2 aromatic carbocycles. The van der Waals surface area contributed by atoms with Crippen LogP contribution in [-0.2, 0) is 5.60 Å². The van der Waals surface area contributed by atoms with E-state index in [0.29, 0.717) is 11.3 Å². The lowest BCUT2D eigenvalue weighted by Gasteiger charge is -2.25. The van der Waals surface area contributed by atoms with Crippen LogP contribution in [0.3, 0.4) is 0 Å². The van der Waals surface area contributed by atoms with E-state index in [0.717, 1.165) is 0 Å². The third kappa shape index (κ3) is 2.22. The van der Waals surface area contributed by atoms with E-state index in [4.69, 9.17) is 4.74 Å². The first-order valence-corrected chi connectivity index (χ1v) is 5.67. The molecule has 2 aromatic rings. The Morgan fingerprint density at radius 3 is 2.22 bits per heavy atom. The van der Waals surface area contributed by atoms with Gasteiger partial charge < -0.3 is 9.84 Å². The fourth-order valence-corrected chi connectivity index (χ4v) is 1.93. The van der Waals surface area contributed by atoms with E-state index in [1.54, 1.807) is 56.5 Å². The summed E-state index contributed by atoms with van der Waals surface area (Å²) in [6, 6.07) is 13.2. The van der Waals surface area contributed by atoms with Crippen LogP contribution in [0, 0.1) is 5.82 Å². The maximum atomic E-state index is 13.7. The predicted molar refractivity (Wildman–Crippen MR) is 68.1 cm³/mol. The molecule has 1 N–H and O–H groups in total. The van der Waals surface area contributed by atoms with Gasteiger partial charge in [-0.2, -0.15) is 0 Å². The molecular formula is C15H15FO2. The van der Waals surface area contributed by atoms with E-state index in [1.807, 2.05) is 0 Å². The zero-order chi connectivity index (χ0) is 13.2. The molecule has 0 saturated carbocycles. The highest BCUT2D eigenvalue weighted by Gasteiger charge is 2.28. The molecular weight excluding hydrogens is 231 g/mol. The van der Waals surface area contributed by atoms with E-state index in [1.165, 1.54) is 6.07 Å². The lowest BCUT2D eigenvalue weighted by molar-refractivity contribution is 0.0979. The van der Waals surface area contributed by atoms with Crippen molar-refractivity contribution in [1.82, 2.24) is 0 Å². The average molecular weight is 246 g/mol. The van der Waals surface area contributed by atoms with Crippen molar-refractivity contribution >= 4 is 0 Å². The molecule has 1 atom stereocenters. The smallest absolute Gasteiger partial charge is 0.129 e. The van der Waals surface area contributed by atoms with E-state index in [9.17, 15) is 9.50 Å². The minimum atomic E-state index is -1.36. The molecule has 0 aliphatic rings. The zero-order valence-electron chi connectivity index (χ0n) is 10.4. The minimum Gasteiger partial charge on any atom is -0.497 e. The number of hydrogen-bond donors (Lipinski definition) is 1. The van der Waals surface area contributed by atoms with Crippen LogP contribution in [0.1, 0.15) is 18.1 Å². The van der Waals surface area contributed by atoms with Crippen molar-refractivity contribution in [3.63, 3.8) is 0 Å². The second-order valence-electron chi connectivity index (χ2n) is 4.28. The van der Waals surface area contributed by atoms with E-state index < -0.39 is 11.4 Å². The average Bonchev–Trinajstić information content (AvgIpc) is 2.39. The molecule has 0 amide bonds. The molecule has 0 aromatic heterocycles. The summed E-state index contributed by atoms with van der Waals surface area (Å²) >= 11 is 0. The molecule has 3 heteroatoms. The SMILES string of the molecule is COc1ccc(C(C)(O)c2ccccc2F)cc1. The van der Waals surface area contributed by atoms with Crippen molar-refractivity contribution in [1.29, 1.82) is 0 Å². The van der Waals surface area contributed by atoms with Gasteiger partial charge >= 0.3 is 0 Å². The van der Waals surface area contributed by atoms with Crippen molar-refractivity contribution in [3.8, 4) is 5.75 Å². The molecule has 0 radical (unpaired) electrons. The molecule has 0 aliphatic heterocycles. The summed E-state index contributed by atoms with van der Waals surface area (Å²) in [5.41, 5.74) is -0.485. The topological polar surface area (TPSA) is 29.5 Å². The Bertz CT molecular complexity index is 532. The molecule has 2 rings (SSSR count). The van der Waals surface area contributed by atoms with Gasteiger partial charge in [0.05, 0.1) is 7.11 Å². The van der Waals surface area contributed by atoms with E-state index in [2.05, 4.69) is 0 Å². The summed E-state index contributed by atoms with van der Waals surface area (Å²) in [7, 11) is 1.57. The molecule has 0 heterocycles. The van der Waals surface area contributed by atoms with Gasteiger partial charge in [0, 0.05) is 5.56 Å². The van der Waals surface area contributed by atoms with Crippen LogP contribution in [0.25, 0.3) is 0 Å². The number of aliphatic hydroxyl groups is 1. The number of halogens is 1. The molecule has 2 nitrogen and oxygen atoms in total. The second kappa shape index (κ2) is 4.78. The van der Waals surface area contributed by atoms with Crippen LogP contribution in [-0.4, -0.2) is 12.2 Å². The van der Waals surface area contributed by atoms with Gasteiger partial charge in [-0.05, 0) is 30.7 Å². The Balaban J connectivity index is 2.44. The lowest BCUT2D eigenvalue weighted by atomic mass is 9.88. The monoisotopic (exact) mass is 246 g/mol. The Morgan fingerprint density at radius 1 is 1.06 bits per heavy atom. The van der Waals surface area contributed by atoms with Crippen molar-refractivity contribution < 1.29 is 14.2 Å². The standard InChI is InChI=1S/C15H15FO2/c1-15(17,13-5-3-4-6-14(13)16)11-7-9-12(18-2)10-8-11/h3-10,17H,1-2H3. The maximum absolute atomic E-state index is 13.7. The lowest BCUT2D eigenvalue weighted by Crippen LogP contribution is -2.24. The quantitative estimate of drug-likeness (QED) is 0.901. The molecule has 94 valence electrons. The molecule has 0 saturated heterocycles. The fourth-order valence-electron chi connectivity index (χ4n) is 1.93. The van der Waals surface area contributed by atoms with Crippen molar-refractivity contribution in [2.24, 2.45) is 0 Å². The van der Waals surface area contributed by atoms with Crippen LogP contribution in [0.2, 0.25) is 0 Å². The molecule has 18 heavy (non-hydrogen) atoms. The second-order valence-corrected chi connectivity index (χ2v) is 4.28. The Hall–Kier alpha value is -1.87. The van der Waals surface area contributed by atoms with E-state index >= 15 is 0 Å². The third-order valence-corrected chi connectivity index (χ3v) is 3.05. The van der Waals surface area contributed by atoms with Crippen LogP contribution >= 0.6 is 0 Å². The van der Waals surface area contributed by atoms with Gasteiger partial charge in [0.15, 0.2) is 0 Å². The number of benzene rings is 2. The first-order valence-electron chi connectivity index (χ1n) is 5.67. The van der Waals surface area contributed by atoms with Gasteiger partial charge in [0.1, 0.15) is 17.2 Å². The summed E-state index contributed by atoms with van der Waals surface area (Å²) in [4.78, 5) is 0. The zero-order valence-corrected chi connectivity index (χ0v) is 10.4. The third-order valence-electron chi connectivity index (χ3n) is 3.05. The van der Waals surface area contributed by atoms with Crippen molar-refractivity contribution in [2.45, 2.75) is 12.5 Å². The summed E-state index contributed by atoms with van der Waals surface area (Å²) in [5.74, 6) is 0.279. The first kappa shape index (κ1) is 12.6. The van der Waals surface area contributed by atoms with Gasteiger partial charge in [-0.15, -0.1) is 0 Å². The summed E-state index contributed by atoms with van der Waals surface area (Å²) < 4.78 is 18.8. The van der Waals surface area contributed by atoms with Gasteiger partial charge in [-0.3, -0.25) is 0 Å². The molecule has 0 aliphatic carbocycles. The van der Waals surface area contributed by atoms with Crippen LogP contribution in [0.5, 0.6) is 5.75 Å². The van der Waals surface area contributed by atoms with E-state index in [-0.39, 0.29) is 5.56 Å². The van der Waals surface area contributed by atoms with Gasteiger partial charge in [-0.25, -0.2) is 4.39 Å². The predicted octanol–water partition coefficient (Wildman–Crippen LogP) is 3.09. The molecule has 0 bridgehead atoms. The van der Waals surface area contributed by atoms with Crippen LogP contribution in [0.4, 0.5) is 4.39 Å². The largest absolute Gasteiger partial charge is 0.497 e. The Labute approximate surface area is 106 Å². The van der Waals surface area contributed by atoms with Crippen molar-refractivity contribution in [2.75, 3.05) is 7.11 Å². The number of hydrogen-bond acceptors (Lipinski definition) is 2. The number of methoxy groups -OCH3 is 1. The minimum absolute atomic E-state index is 0.259. The molecule has 1 unspecified atom stereocenters. The van der Waals surface area contributed by atoms with Gasteiger partial charge in [-0.1, -0.05) is 30.3 Å². The maximum Gasteiger partial charge on any atom is 0.129 e. The summed E-state index contributed by atoms with van der Waals surface area (Å²) in [5, 5.41) is 10.5. The van der Waals surface area contributed by atoms with Gasteiger partial charge in [0.25, 0.3) is 0 Å². The highest BCUT2D eigenvalue weighted by atomic mass is 19.1. The van der Waals surface area contributed by atoms with Crippen LogP contribution in [0.15, 0.2) is 48.5 Å². The van der Waals surface area contributed by atoms with Crippen molar-refractivity contribution in [3.05, 3.63) is 65.5 Å². The summed E-state index contributed by atoms with van der Waals surface area (Å²) in [6.45, 7) is 1.58. The fraction of sp³-hybridized carbons (Fsp3) is 0.200. The Kier molecular flexibility index (Phi) is 3.34. The Morgan fingerprint density at radius 2 is 1.67 bits per heavy atom. The molecule has 0 fully saturated rings. The number of rotatable bonds is 3. The highest BCUT2D eigenvalue weighted by molar-refractivity contribution is 5.38. The van der Waals surface area contributed by atoms with Gasteiger partial charge in [0.2, 0.25) is 0 Å².